The summed E-state index contributed by atoms with van der Waals surface area (Å²) in [6, 6.07) is 12.6. The number of nitrogens with zero attached hydrogens (tertiary/aromatic N) is 1. The molecule has 0 aliphatic heterocycles. The third kappa shape index (κ3) is 6.11. The highest BCUT2D eigenvalue weighted by atomic mass is 79.9. The number of halogens is 3. The number of fused-ring (bicyclic) bond motifs is 1. The normalized spacial score (nSPS) is 11.5. The molecular weight excluding hydrogens is 448 g/mol. The molecule has 0 unspecified atom stereocenters. The number of benzene rings is 2. The van der Waals surface area contributed by atoms with Gasteiger partial charge < -0.3 is 4.74 Å². The zero-order chi connectivity index (χ0) is 21.3. The van der Waals surface area contributed by atoms with Crippen LogP contribution in [0.15, 0.2) is 46.9 Å². The van der Waals surface area contributed by atoms with Gasteiger partial charge in [-0.05, 0) is 55.0 Å². The molecule has 0 fully saturated rings. The molecular formula is C25H26BrF2NO. The number of pyridine rings is 1. The molecule has 0 aliphatic rings. The largest absolute Gasteiger partial charge is 0.490 e. The minimum absolute atomic E-state index is 0.0346. The van der Waals surface area contributed by atoms with Crippen molar-refractivity contribution in [2.24, 2.45) is 0 Å². The van der Waals surface area contributed by atoms with Gasteiger partial charge in [0.25, 0.3) is 0 Å². The SMILES string of the molecule is CCCCCCCCOc1ccc(C=Cc2ccc3cc(Br)ccc3n2)c(F)c1F. The maximum atomic E-state index is 14.4. The quantitative estimate of drug-likeness (QED) is 0.277. The lowest BCUT2D eigenvalue weighted by molar-refractivity contribution is 0.284. The summed E-state index contributed by atoms with van der Waals surface area (Å²) >= 11 is 3.44. The van der Waals surface area contributed by atoms with Crippen molar-refractivity contribution in [3.63, 3.8) is 0 Å². The number of ether oxygens (including phenoxy) is 1. The van der Waals surface area contributed by atoms with Gasteiger partial charge in [0.05, 0.1) is 17.8 Å². The Balaban J connectivity index is 1.61. The van der Waals surface area contributed by atoms with Crippen LogP contribution in [-0.2, 0) is 0 Å². The molecule has 0 N–H and O–H groups in total. The third-order valence-electron chi connectivity index (χ3n) is 4.94. The van der Waals surface area contributed by atoms with Crippen molar-refractivity contribution in [1.29, 1.82) is 0 Å². The molecule has 2 aromatic carbocycles. The molecule has 0 spiro atoms. The second-order valence-corrected chi connectivity index (χ2v) is 8.22. The number of unbranched alkanes of at least 4 members (excludes halogenated alkanes) is 5. The second kappa shape index (κ2) is 11.2. The van der Waals surface area contributed by atoms with Crippen molar-refractivity contribution in [3.8, 4) is 5.75 Å². The Morgan fingerprint density at radius 3 is 2.53 bits per heavy atom. The predicted molar refractivity (Wildman–Crippen MR) is 124 cm³/mol. The fraction of sp³-hybridized carbons (Fsp3) is 0.320. The van der Waals surface area contributed by atoms with Gasteiger partial charge in [0, 0.05) is 15.4 Å². The molecule has 0 radical (unpaired) electrons. The van der Waals surface area contributed by atoms with Gasteiger partial charge in [-0.3, -0.25) is 0 Å². The summed E-state index contributed by atoms with van der Waals surface area (Å²) < 4.78 is 35.2. The lowest BCUT2D eigenvalue weighted by Crippen LogP contribution is -2.01. The van der Waals surface area contributed by atoms with Crippen LogP contribution in [0.25, 0.3) is 23.1 Å². The lowest BCUT2D eigenvalue weighted by atomic mass is 10.1. The van der Waals surface area contributed by atoms with E-state index in [1.54, 1.807) is 6.08 Å². The van der Waals surface area contributed by atoms with E-state index in [0.29, 0.717) is 12.3 Å². The molecule has 3 rings (SSSR count). The van der Waals surface area contributed by atoms with Crippen molar-refractivity contribution in [1.82, 2.24) is 4.98 Å². The average Bonchev–Trinajstić information content (AvgIpc) is 2.75. The predicted octanol–water partition coefficient (Wildman–Crippen LogP) is 8.19. The third-order valence-corrected chi connectivity index (χ3v) is 5.43. The van der Waals surface area contributed by atoms with Gasteiger partial charge in [-0.25, -0.2) is 9.37 Å². The highest BCUT2D eigenvalue weighted by Crippen LogP contribution is 2.25. The zero-order valence-corrected chi connectivity index (χ0v) is 18.7. The van der Waals surface area contributed by atoms with Crippen molar-refractivity contribution in [2.45, 2.75) is 45.4 Å². The summed E-state index contributed by atoms with van der Waals surface area (Å²) in [5.41, 5.74) is 1.68. The van der Waals surface area contributed by atoms with Crippen molar-refractivity contribution < 1.29 is 13.5 Å². The minimum atomic E-state index is -0.945. The Morgan fingerprint density at radius 2 is 1.70 bits per heavy atom. The molecule has 1 aromatic heterocycles. The van der Waals surface area contributed by atoms with E-state index in [0.717, 1.165) is 34.6 Å². The van der Waals surface area contributed by atoms with Crippen molar-refractivity contribution >= 4 is 39.0 Å². The Morgan fingerprint density at radius 1 is 0.900 bits per heavy atom. The van der Waals surface area contributed by atoms with Gasteiger partial charge in [-0.15, -0.1) is 0 Å². The Hall–Kier alpha value is -2.27. The molecule has 3 aromatic rings. The Bertz CT molecular complexity index is 1020. The van der Waals surface area contributed by atoms with E-state index >= 15 is 0 Å². The first-order valence-corrected chi connectivity index (χ1v) is 11.2. The molecule has 30 heavy (non-hydrogen) atoms. The maximum absolute atomic E-state index is 14.4. The molecule has 2 nitrogen and oxygen atoms in total. The van der Waals surface area contributed by atoms with Crippen LogP contribution in [0.2, 0.25) is 0 Å². The highest BCUT2D eigenvalue weighted by molar-refractivity contribution is 9.10. The summed E-state index contributed by atoms with van der Waals surface area (Å²) in [6.07, 6.45) is 9.90. The van der Waals surface area contributed by atoms with Gasteiger partial charge >= 0.3 is 0 Å². The minimum Gasteiger partial charge on any atom is -0.490 e. The summed E-state index contributed by atoms with van der Waals surface area (Å²) in [5.74, 6) is -1.89. The molecule has 0 saturated carbocycles. The van der Waals surface area contributed by atoms with E-state index in [-0.39, 0.29) is 11.3 Å². The van der Waals surface area contributed by atoms with E-state index in [1.165, 1.54) is 37.5 Å². The van der Waals surface area contributed by atoms with Gasteiger partial charge in [0.15, 0.2) is 11.6 Å². The van der Waals surface area contributed by atoms with Crippen molar-refractivity contribution in [2.75, 3.05) is 6.61 Å². The Kier molecular flexibility index (Phi) is 8.38. The van der Waals surface area contributed by atoms with E-state index < -0.39 is 11.6 Å². The monoisotopic (exact) mass is 473 g/mol. The maximum Gasteiger partial charge on any atom is 0.201 e. The van der Waals surface area contributed by atoms with E-state index in [2.05, 4.69) is 27.8 Å². The van der Waals surface area contributed by atoms with E-state index in [1.807, 2.05) is 30.3 Å². The fourth-order valence-electron chi connectivity index (χ4n) is 3.23. The standard InChI is InChI=1S/C25H26BrF2NO/c1-2-3-4-5-6-7-16-30-23-15-10-18(24(27)25(23)28)8-12-21-13-9-19-17-20(26)11-14-22(19)29-21/h8-15,17H,2-7,16H2,1H3. The average molecular weight is 474 g/mol. The second-order valence-electron chi connectivity index (χ2n) is 7.30. The van der Waals surface area contributed by atoms with Crippen LogP contribution < -0.4 is 4.74 Å². The number of rotatable bonds is 10. The van der Waals surface area contributed by atoms with Crippen LogP contribution in [0.1, 0.15) is 56.7 Å². The van der Waals surface area contributed by atoms with Crippen LogP contribution in [-0.4, -0.2) is 11.6 Å². The van der Waals surface area contributed by atoms with Gasteiger partial charge in [0.2, 0.25) is 5.82 Å². The molecule has 5 heteroatoms. The first kappa shape index (κ1) is 22.4. The number of hydrogen-bond acceptors (Lipinski definition) is 2. The molecule has 1 heterocycles. The van der Waals surface area contributed by atoms with Crippen LogP contribution in [0.3, 0.4) is 0 Å². The number of aromatic nitrogens is 1. The van der Waals surface area contributed by atoms with Crippen LogP contribution in [0.5, 0.6) is 5.75 Å². The zero-order valence-electron chi connectivity index (χ0n) is 17.1. The smallest absolute Gasteiger partial charge is 0.201 e. The molecule has 0 amide bonds. The molecule has 0 bridgehead atoms. The van der Waals surface area contributed by atoms with Crippen LogP contribution >= 0.6 is 15.9 Å². The van der Waals surface area contributed by atoms with Gasteiger partial charge in [0.1, 0.15) is 0 Å². The topological polar surface area (TPSA) is 22.1 Å². The van der Waals surface area contributed by atoms with Gasteiger partial charge in [-0.1, -0.05) is 61.0 Å². The molecule has 0 saturated heterocycles. The summed E-state index contributed by atoms with van der Waals surface area (Å²) in [7, 11) is 0. The van der Waals surface area contributed by atoms with Crippen molar-refractivity contribution in [3.05, 3.63) is 69.8 Å². The van der Waals surface area contributed by atoms with E-state index in [9.17, 15) is 8.78 Å². The van der Waals surface area contributed by atoms with E-state index in [4.69, 9.17) is 4.74 Å². The molecule has 0 atom stereocenters. The van der Waals surface area contributed by atoms with Crippen LogP contribution in [0.4, 0.5) is 8.78 Å². The first-order valence-electron chi connectivity index (χ1n) is 10.4. The lowest BCUT2D eigenvalue weighted by Gasteiger charge is -2.09. The number of hydrogen-bond donors (Lipinski definition) is 0. The highest BCUT2D eigenvalue weighted by Gasteiger charge is 2.13. The molecule has 0 aliphatic carbocycles. The van der Waals surface area contributed by atoms with Gasteiger partial charge in [-0.2, -0.15) is 4.39 Å². The summed E-state index contributed by atoms with van der Waals surface area (Å²) in [4.78, 5) is 4.53. The van der Waals surface area contributed by atoms with Crippen LogP contribution in [0, 0.1) is 11.6 Å². The first-order chi connectivity index (χ1) is 14.6. The molecule has 158 valence electrons. The Labute approximate surface area is 185 Å². The fourth-order valence-corrected chi connectivity index (χ4v) is 3.61. The summed E-state index contributed by atoms with van der Waals surface area (Å²) in [5, 5.41) is 1.01. The summed E-state index contributed by atoms with van der Waals surface area (Å²) in [6.45, 7) is 2.58.